The monoisotopic (exact) mass is 207 g/mol. The molecule has 0 amide bonds. The van der Waals surface area contributed by atoms with Crippen LogP contribution in [0.3, 0.4) is 0 Å². The first-order chi connectivity index (χ1) is 7.16. The summed E-state index contributed by atoms with van der Waals surface area (Å²) >= 11 is 0. The Morgan fingerprint density at radius 3 is 2.60 bits per heavy atom. The van der Waals surface area contributed by atoms with Gasteiger partial charge in [-0.2, -0.15) is 0 Å². The molecule has 1 aliphatic heterocycles. The van der Waals surface area contributed by atoms with Crippen LogP contribution >= 0.6 is 0 Å². The molecule has 1 fully saturated rings. The zero-order valence-electron chi connectivity index (χ0n) is 9.83. The van der Waals surface area contributed by atoms with Crippen molar-refractivity contribution in [3.05, 3.63) is 12.2 Å². The van der Waals surface area contributed by atoms with E-state index in [-0.39, 0.29) is 5.54 Å². The molecular weight excluding hydrogens is 186 g/mol. The van der Waals surface area contributed by atoms with Crippen molar-refractivity contribution in [2.45, 2.75) is 51.5 Å². The first-order valence-electron chi connectivity index (χ1n) is 6.07. The maximum absolute atomic E-state index is 5.52. The van der Waals surface area contributed by atoms with Gasteiger partial charge in [-0.05, 0) is 38.7 Å². The van der Waals surface area contributed by atoms with Crippen LogP contribution in [0.5, 0.6) is 0 Å². The Kier molecular flexibility index (Phi) is 3.13. The van der Waals surface area contributed by atoms with E-state index in [4.69, 9.17) is 4.74 Å². The lowest BCUT2D eigenvalue weighted by Gasteiger charge is -2.17. The lowest BCUT2D eigenvalue weighted by atomic mass is 9.89. The molecule has 1 aliphatic carbocycles. The summed E-state index contributed by atoms with van der Waals surface area (Å²) < 4.78 is 5.52. The quantitative estimate of drug-likeness (QED) is 0.680. The summed E-state index contributed by atoms with van der Waals surface area (Å²) in [6.45, 7) is 4.93. The van der Waals surface area contributed by atoms with E-state index in [1.54, 1.807) is 0 Å². The number of rotatable bonds is 2. The van der Waals surface area contributed by atoms with E-state index in [0.717, 1.165) is 18.4 Å². The highest BCUT2D eigenvalue weighted by atomic mass is 16.5. The van der Waals surface area contributed by atoms with Crippen LogP contribution in [-0.4, -0.2) is 18.0 Å². The SMILES string of the molecule is CC1(C)COC(/C=C\C2CCCCC2)=N1. The second-order valence-electron chi connectivity index (χ2n) is 5.31. The topological polar surface area (TPSA) is 21.6 Å². The third kappa shape index (κ3) is 3.08. The van der Waals surface area contributed by atoms with Gasteiger partial charge >= 0.3 is 0 Å². The minimum atomic E-state index is -0.0216. The zero-order chi connectivity index (χ0) is 10.7. The molecule has 2 nitrogen and oxygen atoms in total. The standard InChI is InChI=1S/C13H21NO/c1-13(2)10-15-12(14-13)9-8-11-6-4-3-5-7-11/h8-9,11H,3-7,10H2,1-2H3/b9-8-. The summed E-state index contributed by atoms with van der Waals surface area (Å²) in [5.41, 5.74) is -0.0216. The van der Waals surface area contributed by atoms with Crippen molar-refractivity contribution in [2.24, 2.45) is 10.9 Å². The molecule has 1 heterocycles. The molecule has 2 rings (SSSR count). The van der Waals surface area contributed by atoms with Crippen LogP contribution in [0.1, 0.15) is 46.0 Å². The van der Waals surface area contributed by atoms with E-state index in [1.807, 2.05) is 0 Å². The highest BCUT2D eigenvalue weighted by Crippen LogP contribution is 2.25. The molecule has 0 aromatic carbocycles. The first kappa shape index (κ1) is 10.7. The maximum atomic E-state index is 5.52. The Balaban J connectivity index is 1.88. The van der Waals surface area contributed by atoms with Gasteiger partial charge in [0, 0.05) is 0 Å². The van der Waals surface area contributed by atoms with Gasteiger partial charge in [0.15, 0.2) is 0 Å². The van der Waals surface area contributed by atoms with Crippen molar-refractivity contribution < 1.29 is 4.74 Å². The predicted octanol–water partition coefficient (Wildman–Crippen LogP) is 3.33. The van der Waals surface area contributed by atoms with Crippen LogP contribution in [0.15, 0.2) is 17.1 Å². The Morgan fingerprint density at radius 1 is 1.27 bits per heavy atom. The molecule has 0 radical (unpaired) electrons. The molecule has 15 heavy (non-hydrogen) atoms. The van der Waals surface area contributed by atoms with Crippen molar-refractivity contribution in [3.8, 4) is 0 Å². The van der Waals surface area contributed by atoms with Crippen LogP contribution < -0.4 is 0 Å². The second kappa shape index (κ2) is 4.38. The zero-order valence-corrected chi connectivity index (χ0v) is 9.83. The summed E-state index contributed by atoms with van der Waals surface area (Å²) in [6.07, 6.45) is 11.2. The van der Waals surface area contributed by atoms with Crippen LogP contribution in [0.2, 0.25) is 0 Å². The average Bonchev–Trinajstić information content (AvgIpc) is 2.57. The Bertz CT molecular complexity index is 272. The van der Waals surface area contributed by atoms with Gasteiger partial charge in [0.1, 0.15) is 6.61 Å². The normalized spacial score (nSPS) is 26.7. The maximum Gasteiger partial charge on any atom is 0.208 e. The van der Waals surface area contributed by atoms with E-state index in [0.29, 0.717) is 0 Å². The molecule has 0 aromatic heterocycles. The number of nitrogens with zero attached hydrogens (tertiary/aromatic N) is 1. The van der Waals surface area contributed by atoms with Gasteiger partial charge in [-0.15, -0.1) is 0 Å². The number of hydrogen-bond acceptors (Lipinski definition) is 2. The molecule has 2 heteroatoms. The Morgan fingerprint density at radius 2 is 2.00 bits per heavy atom. The third-order valence-corrected chi connectivity index (χ3v) is 3.15. The largest absolute Gasteiger partial charge is 0.475 e. The third-order valence-electron chi connectivity index (χ3n) is 3.15. The molecule has 0 unspecified atom stereocenters. The number of ether oxygens (including phenoxy) is 1. The first-order valence-corrected chi connectivity index (χ1v) is 6.07. The molecule has 0 atom stereocenters. The Hall–Kier alpha value is -0.790. The van der Waals surface area contributed by atoms with Crippen LogP contribution in [0, 0.1) is 5.92 Å². The number of aliphatic imine (C=N–C) groups is 1. The van der Waals surface area contributed by atoms with E-state index in [2.05, 4.69) is 31.0 Å². The highest BCUT2D eigenvalue weighted by Gasteiger charge is 2.24. The minimum Gasteiger partial charge on any atom is -0.475 e. The summed E-state index contributed by atoms with van der Waals surface area (Å²) in [5, 5.41) is 0. The van der Waals surface area contributed by atoms with E-state index in [9.17, 15) is 0 Å². The van der Waals surface area contributed by atoms with Gasteiger partial charge in [-0.3, -0.25) is 0 Å². The van der Waals surface area contributed by atoms with Crippen molar-refractivity contribution in [1.29, 1.82) is 0 Å². The fourth-order valence-corrected chi connectivity index (χ4v) is 2.24. The minimum absolute atomic E-state index is 0.0216. The molecule has 0 aromatic rings. The van der Waals surface area contributed by atoms with E-state index < -0.39 is 0 Å². The van der Waals surface area contributed by atoms with Gasteiger partial charge in [0.25, 0.3) is 0 Å². The predicted molar refractivity (Wildman–Crippen MR) is 63.2 cm³/mol. The lowest BCUT2D eigenvalue weighted by molar-refractivity contribution is 0.280. The molecule has 0 saturated heterocycles. The number of hydrogen-bond donors (Lipinski definition) is 0. The molecule has 1 saturated carbocycles. The van der Waals surface area contributed by atoms with Crippen LogP contribution in [0.4, 0.5) is 0 Å². The lowest BCUT2D eigenvalue weighted by Crippen LogP contribution is -2.17. The van der Waals surface area contributed by atoms with Crippen molar-refractivity contribution in [1.82, 2.24) is 0 Å². The molecule has 0 spiro atoms. The highest BCUT2D eigenvalue weighted by molar-refractivity contribution is 5.89. The molecule has 84 valence electrons. The van der Waals surface area contributed by atoms with Gasteiger partial charge in [0.2, 0.25) is 5.90 Å². The fourth-order valence-electron chi connectivity index (χ4n) is 2.24. The van der Waals surface area contributed by atoms with Gasteiger partial charge in [0.05, 0.1) is 5.54 Å². The molecule has 2 aliphatic rings. The Labute approximate surface area is 92.4 Å². The summed E-state index contributed by atoms with van der Waals surface area (Å²) in [7, 11) is 0. The molecule has 0 bridgehead atoms. The van der Waals surface area contributed by atoms with Crippen LogP contribution in [0.25, 0.3) is 0 Å². The van der Waals surface area contributed by atoms with Crippen LogP contribution in [-0.2, 0) is 4.74 Å². The fraction of sp³-hybridized carbons (Fsp3) is 0.769. The van der Waals surface area contributed by atoms with Gasteiger partial charge in [-0.1, -0.05) is 25.3 Å². The van der Waals surface area contributed by atoms with Gasteiger partial charge in [-0.25, -0.2) is 4.99 Å². The smallest absolute Gasteiger partial charge is 0.208 e. The summed E-state index contributed by atoms with van der Waals surface area (Å²) in [4.78, 5) is 4.51. The van der Waals surface area contributed by atoms with Crippen molar-refractivity contribution in [2.75, 3.05) is 6.61 Å². The average molecular weight is 207 g/mol. The van der Waals surface area contributed by atoms with E-state index >= 15 is 0 Å². The second-order valence-corrected chi connectivity index (χ2v) is 5.31. The van der Waals surface area contributed by atoms with E-state index in [1.165, 1.54) is 32.1 Å². The summed E-state index contributed by atoms with van der Waals surface area (Å²) in [5.74, 6) is 1.58. The number of allylic oxidation sites excluding steroid dienone is 1. The molecular formula is C13H21NO. The molecule has 0 N–H and O–H groups in total. The van der Waals surface area contributed by atoms with Crippen molar-refractivity contribution >= 4 is 5.90 Å². The summed E-state index contributed by atoms with van der Waals surface area (Å²) in [6, 6.07) is 0. The van der Waals surface area contributed by atoms with Crippen molar-refractivity contribution in [3.63, 3.8) is 0 Å². The van der Waals surface area contributed by atoms with Gasteiger partial charge < -0.3 is 4.74 Å².